The van der Waals surface area contributed by atoms with Gasteiger partial charge in [-0.3, -0.25) is 0 Å². The van der Waals surface area contributed by atoms with E-state index in [1.54, 1.807) is 0 Å². The minimum atomic E-state index is 0.154. The van der Waals surface area contributed by atoms with Crippen LogP contribution >= 0.6 is 0 Å². The third kappa shape index (κ3) is 4.34. The molecule has 116 valence electrons. The molecule has 2 aromatic rings. The van der Waals surface area contributed by atoms with E-state index in [-0.39, 0.29) is 5.92 Å². The van der Waals surface area contributed by atoms with Crippen molar-refractivity contribution in [3.05, 3.63) is 90.7 Å². The van der Waals surface area contributed by atoms with Crippen molar-refractivity contribution in [2.24, 2.45) is 0 Å². The Bertz CT molecular complexity index is 681. The maximum absolute atomic E-state index is 9.67. The van der Waals surface area contributed by atoms with Crippen LogP contribution in [0.2, 0.25) is 0 Å². The van der Waals surface area contributed by atoms with Crippen LogP contribution in [-0.2, 0) is 0 Å². The highest BCUT2D eigenvalue weighted by molar-refractivity contribution is 5.55. The van der Waals surface area contributed by atoms with Crippen LogP contribution in [0.15, 0.2) is 85.1 Å². The van der Waals surface area contributed by atoms with Gasteiger partial charge in [0.2, 0.25) is 0 Å². The molecule has 0 aliphatic rings. The van der Waals surface area contributed by atoms with Gasteiger partial charge in [0.05, 0.1) is 0 Å². The van der Waals surface area contributed by atoms with E-state index in [2.05, 4.69) is 31.7 Å². The Morgan fingerprint density at radius 2 is 1.74 bits per heavy atom. The molecule has 0 bridgehead atoms. The van der Waals surface area contributed by atoms with Gasteiger partial charge in [-0.15, -0.1) is 6.58 Å². The summed E-state index contributed by atoms with van der Waals surface area (Å²) in [5.41, 5.74) is 2.91. The summed E-state index contributed by atoms with van der Waals surface area (Å²) in [7, 11) is 0. The predicted molar refractivity (Wildman–Crippen MR) is 97.2 cm³/mol. The van der Waals surface area contributed by atoms with Crippen molar-refractivity contribution in [1.82, 2.24) is 0 Å². The summed E-state index contributed by atoms with van der Waals surface area (Å²) in [6, 6.07) is 22.6. The minimum absolute atomic E-state index is 0.154. The minimum Gasteiger partial charge on any atom is -0.333 e. The van der Waals surface area contributed by atoms with Crippen LogP contribution in [-0.4, -0.2) is 6.54 Å². The lowest BCUT2D eigenvalue weighted by Gasteiger charge is -2.23. The molecule has 0 saturated heterocycles. The second-order valence-electron chi connectivity index (χ2n) is 5.29. The standard InChI is InChI=1S/C21H22N2/c1-3-11-19(18-12-7-5-8-13-18)16-21(17-22)23(4-2)20-14-9-6-10-15-20/h3,5-10,12-16,19H,1,4,11H2,2H3/b21-16-. The summed E-state index contributed by atoms with van der Waals surface area (Å²) in [5, 5.41) is 9.67. The van der Waals surface area contributed by atoms with E-state index in [1.165, 1.54) is 5.56 Å². The van der Waals surface area contributed by atoms with Crippen LogP contribution in [0.4, 0.5) is 5.69 Å². The van der Waals surface area contributed by atoms with E-state index in [0.29, 0.717) is 5.70 Å². The van der Waals surface area contributed by atoms with Gasteiger partial charge >= 0.3 is 0 Å². The molecule has 0 radical (unpaired) electrons. The maximum atomic E-state index is 9.67. The normalized spacial score (nSPS) is 12.3. The third-order valence-corrected chi connectivity index (χ3v) is 3.80. The molecule has 0 N–H and O–H groups in total. The van der Waals surface area contributed by atoms with E-state index in [1.807, 2.05) is 65.6 Å². The van der Waals surface area contributed by atoms with Gasteiger partial charge in [-0.25, -0.2) is 0 Å². The van der Waals surface area contributed by atoms with Gasteiger partial charge in [-0.2, -0.15) is 5.26 Å². The first-order valence-corrected chi connectivity index (χ1v) is 7.90. The van der Waals surface area contributed by atoms with Crippen LogP contribution in [0.1, 0.15) is 24.8 Å². The van der Waals surface area contributed by atoms with Crippen molar-refractivity contribution in [3.63, 3.8) is 0 Å². The Balaban J connectivity index is 2.38. The first-order chi connectivity index (χ1) is 11.3. The zero-order valence-electron chi connectivity index (χ0n) is 13.5. The topological polar surface area (TPSA) is 27.0 Å². The molecule has 0 amide bonds. The van der Waals surface area contributed by atoms with Crippen LogP contribution in [0, 0.1) is 11.3 Å². The molecular formula is C21H22N2. The lowest BCUT2D eigenvalue weighted by Crippen LogP contribution is -2.21. The van der Waals surface area contributed by atoms with Crippen molar-refractivity contribution < 1.29 is 0 Å². The summed E-state index contributed by atoms with van der Waals surface area (Å²) in [5.74, 6) is 0.154. The van der Waals surface area contributed by atoms with Crippen molar-refractivity contribution >= 4 is 5.69 Å². The highest BCUT2D eigenvalue weighted by Crippen LogP contribution is 2.26. The number of hydrogen-bond acceptors (Lipinski definition) is 2. The van der Waals surface area contributed by atoms with Gasteiger partial charge in [0.25, 0.3) is 0 Å². The van der Waals surface area contributed by atoms with Crippen LogP contribution in [0.3, 0.4) is 0 Å². The van der Waals surface area contributed by atoms with Gasteiger partial charge < -0.3 is 4.90 Å². The van der Waals surface area contributed by atoms with Crippen molar-refractivity contribution in [2.75, 3.05) is 11.4 Å². The van der Waals surface area contributed by atoms with Crippen molar-refractivity contribution in [1.29, 1.82) is 5.26 Å². The highest BCUT2D eigenvalue weighted by atomic mass is 15.1. The van der Waals surface area contributed by atoms with E-state index in [4.69, 9.17) is 0 Å². The zero-order chi connectivity index (χ0) is 16.5. The quantitative estimate of drug-likeness (QED) is 0.514. The SMILES string of the molecule is C=CCC(/C=C(/C#N)N(CC)c1ccccc1)c1ccccc1. The lowest BCUT2D eigenvalue weighted by molar-refractivity contribution is 0.845. The summed E-state index contributed by atoms with van der Waals surface area (Å²) in [4.78, 5) is 2.04. The fourth-order valence-electron chi connectivity index (χ4n) is 2.66. The smallest absolute Gasteiger partial charge is 0.117 e. The summed E-state index contributed by atoms with van der Waals surface area (Å²) < 4.78 is 0. The van der Waals surface area contributed by atoms with E-state index in [9.17, 15) is 5.26 Å². The average molecular weight is 302 g/mol. The van der Waals surface area contributed by atoms with Gasteiger partial charge in [-0.1, -0.05) is 54.6 Å². The fraction of sp³-hybridized carbons (Fsp3) is 0.190. The summed E-state index contributed by atoms with van der Waals surface area (Å²) in [6.07, 6.45) is 4.76. The van der Waals surface area contributed by atoms with Crippen molar-refractivity contribution in [3.8, 4) is 6.07 Å². The Hall–Kier alpha value is -2.79. The molecule has 0 spiro atoms. The molecule has 0 saturated carbocycles. The number of benzene rings is 2. The van der Waals surface area contributed by atoms with Gasteiger partial charge in [0.15, 0.2) is 0 Å². The molecule has 1 unspecified atom stereocenters. The second kappa shape index (κ2) is 8.60. The molecule has 2 heteroatoms. The van der Waals surface area contributed by atoms with Crippen molar-refractivity contribution in [2.45, 2.75) is 19.3 Å². The number of allylic oxidation sites excluding steroid dienone is 3. The first-order valence-electron chi connectivity index (χ1n) is 7.90. The second-order valence-corrected chi connectivity index (χ2v) is 5.29. The monoisotopic (exact) mass is 302 g/mol. The Morgan fingerprint density at radius 3 is 2.26 bits per heavy atom. The van der Waals surface area contributed by atoms with Gasteiger partial charge in [-0.05, 0) is 37.1 Å². The van der Waals surface area contributed by atoms with E-state index in [0.717, 1.165) is 18.7 Å². The molecule has 23 heavy (non-hydrogen) atoms. The number of hydrogen-bond donors (Lipinski definition) is 0. The molecule has 0 fully saturated rings. The van der Waals surface area contributed by atoms with Crippen LogP contribution in [0.25, 0.3) is 0 Å². The average Bonchev–Trinajstić information content (AvgIpc) is 2.62. The highest BCUT2D eigenvalue weighted by Gasteiger charge is 2.14. The molecule has 0 heterocycles. The first kappa shape index (κ1) is 16.6. The van der Waals surface area contributed by atoms with Gasteiger partial charge in [0, 0.05) is 18.2 Å². The third-order valence-electron chi connectivity index (χ3n) is 3.80. The van der Waals surface area contributed by atoms with E-state index >= 15 is 0 Å². The molecule has 2 rings (SSSR count). The molecule has 1 atom stereocenters. The summed E-state index contributed by atoms with van der Waals surface area (Å²) >= 11 is 0. The maximum Gasteiger partial charge on any atom is 0.117 e. The molecular weight excluding hydrogens is 280 g/mol. The summed E-state index contributed by atoms with van der Waals surface area (Å²) in [6.45, 7) is 6.66. The van der Waals surface area contributed by atoms with E-state index < -0.39 is 0 Å². The zero-order valence-corrected chi connectivity index (χ0v) is 13.5. The number of nitriles is 1. The number of rotatable bonds is 7. The molecule has 0 aliphatic carbocycles. The number of anilines is 1. The fourth-order valence-corrected chi connectivity index (χ4v) is 2.66. The molecule has 0 aromatic heterocycles. The predicted octanol–water partition coefficient (Wildman–Crippen LogP) is 5.28. The molecule has 2 aromatic carbocycles. The Morgan fingerprint density at radius 1 is 1.13 bits per heavy atom. The molecule has 2 nitrogen and oxygen atoms in total. The van der Waals surface area contributed by atoms with Crippen LogP contribution in [0.5, 0.6) is 0 Å². The molecule has 0 aliphatic heterocycles. The largest absolute Gasteiger partial charge is 0.333 e. The van der Waals surface area contributed by atoms with Crippen LogP contribution < -0.4 is 4.90 Å². The Labute approximate surface area is 139 Å². The number of nitrogens with zero attached hydrogens (tertiary/aromatic N) is 2. The number of para-hydroxylation sites is 1. The van der Waals surface area contributed by atoms with Gasteiger partial charge in [0.1, 0.15) is 11.8 Å². The lowest BCUT2D eigenvalue weighted by atomic mass is 9.94. The Kier molecular flexibility index (Phi) is 6.20.